The SMILES string of the molecule is CCN(CC)c1ccc(N=C2C(c3ccccc3)=Nn3c2nnc3C(F)(F)F)c(C)c1. The quantitative estimate of drug-likeness (QED) is 0.587. The van der Waals surface area contributed by atoms with Gasteiger partial charge < -0.3 is 4.90 Å². The van der Waals surface area contributed by atoms with Crippen molar-refractivity contribution in [2.24, 2.45) is 10.1 Å². The van der Waals surface area contributed by atoms with Crippen LogP contribution in [-0.4, -0.2) is 39.4 Å². The number of nitrogens with zero attached hydrogens (tertiary/aromatic N) is 6. The molecule has 3 aromatic rings. The van der Waals surface area contributed by atoms with E-state index in [0.29, 0.717) is 17.0 Å². The van der Waals surface area contributed by atoms with Crippen LogP contribution in [0.25, 0.3) is 0 Å². The minimum atomic E-state index is -4.67. The number of hydrogen-bond acceptors (Lipinski definition) is 5. The van der Waals surface area contributed by atoms with Crippen LogP contribution in [0.3, 0.4) is 0 Å². The number of fused-ring (bicyclic) bond motifs is 1. The molecule has 0 aliphatic carbocycles. The Hall–Kier alpha value is -3.49. The van der Waals surface area contributed by atoms with Crippen molar-refractivity contribution in [2.45, 2.75) is 26.9 Å². The van der Waals surface area contributed by atoms with Gasteiger partial charge in [-0.3, -0.25) is 0 Å². The lowest BCUT2D eigenvalue weighted by Gasteiger charge is -2.21. The molecule has 0 saturated heterocycles. The topological polar surface area (TPSA) is 58.7 Å². The van der Waals surface area contributed by atoms with E-state index in [1.54, 1.807) is 24.3 Å². The monoisotopic (exact) mass is 426 g/mol. The Morgan fingerprint density at radius 1 is 1.00 bits per heavy atom. The van der Waals surface area contributed by atoms with Gasteiger partial charge in [0.15, 0.2) is 0 Å². The lowest BCUT2D eigenvalue weighted by Crippen LogP contribution is -2.21. The maximum absolute atomic E-state index is 13.4. The van der Waals surface area contributed by atoms with Gasteiger partial charge >= 0.3 is 6.18 Å². The van der Waals surface area contributed by atoms with E-state index in [-0.39, 0.29) is 11.5 Å². The molecule has 1 aromatic heterocycles. The molecule has 2 heterocycles. The van der Waals surface area contributed by atoms with Crippen molar-refractivity contribution in [1.29, 1.82) is 0 Å². The molecule has 31 heavy (non-hydrogen) atoms. The Balaban J connectivity index is 1.84. The predicted molar refractivity (Wildman–Crippen MR) is 114 cm³/mol. The van der Waals surface area contributed by atoms with Gasteiger partial charge in [-0.2, -0.15) is 22.9 Å². The van der Waals surface area contributed by atoms with Gasteiger partial charge in [0, 0.05) is 24.3 Å². The van der Waals surface area contributed by atoms with Crippen LogP contribution >= 0.6 is 0 Å². The third-order valence-corrected chi connectivity index (χ3v) is 5.12. The number of anilines is 1. The summed E-state index contributed by atoms with van der Waals surface area (Å²) in [7, 11) is 0. The van der Waals surface area contributed by atoms with E-state index < -0.39 is 12.0 Å². The summed E-state index contributed by atoms with van der Waals surface area (Å²) in [6.07, 6.45) is -4.67. The molecule has 1 aliphatic rings. The second-order valence-corrected chi connectivity index (χ2v) is 7.07. The zero-order chi connectivity index (χ0) is 22.2. The molecule has 0 spiro atoms. The predicted octanol–water partition coefficient (Wildman–Crippen LogP) is 4.84. The van der Waals surface area contributed by atoms with E-state index >= 15 is 0 Å². The first kappa shape index (κ1) is 20.8. The lowest BCUT2D eigenvalue weighted by molar-refractivity contribution is -0.147. The fourth-order valence-corrected chi connectivity index (χ4v) is 3.52. The summed E-state index contributed by atoms with van der Waals surface area (Å²) < 4.78 is 40.8. The Bertz CT molecular complexity index is 1160. The van der Waals surface area contributed by atoms with Crippen LogP contribution in [0.4, 0.5) is 24.5 Å². The Labute approximate surface area is 177 Å². The van der Waals surface area contributed by atoms with Crippen molar-refractivity contribution in [2.75, 3.05) is 18.0 Å². The van der Waals surface area contributed by atoms with Crippen molar-refractivity contribution in [3.05, 3.63) is 71.3 Å². The van der Waals surface area contributed by atoms with Crippen molar-refractivity contribution in [1.82, 2.24) is 14.9 Å². The van der Waals surface area contributed by atoms with Crippen molar-refractivity contribution in [3.63, 3.8) is 0 Å². The molecule has 9 heteroatoms. The van der Waals surface area contributed by atoms with Gasteiger partial charge in [0.25, 0.3) is 5.82 Å². The second-order valence-electron chi connectivity index (χ2n) is 7.07. The third-order valence-electron chi connectivity index (χ3n) is 5.12. The normalized spacial score (nSPS) is 14.6. The summed E-state index contributed by atoms with van der Waals surface area (Å²) in [5, 5.41) is 11.2. The fourth-order valence-electron chi connectivity index (χ4n) is 3.52. The van der Waals surface area contributed by atoms with E-state index in [9.17, 15) is 13.2 Å². The molecular weight excluding hydrogens is 405 g/mol. The summed E-state index contributed by atoms with van der Waals surface area (Å²) in [4.78, 5) is 6.89. The summed E-state index contributed by atoms with van der Waals surface area (Å²) >= 11 is 0. The molecule has 0 amide bonds. The van der Waals surface area contributed by atoms with Crippen LogP contribution in [0.1, 0.15) is 36.6 Å². The molecule has 0 atom stereocenters. The summed E-state index contributed by atoms with van der Waals surface area (Å²) in [5.41, 5.74) is 3.84. The first-order valence-electron chi connectivity index (χ1n) is 9.95. The molecule has 4 rings (SSSR count). The minimum absolute atomic E-state index is 0.0293. The summed E-state index contributed by atoms with van der Waals surface area (Å²) in [6.45, 7) is 7.83. The van der Waals surface area contributed by atoms with Gasteiger partial charge in [-0.15, -0.1) is 10.2 Å². The fraction of sp³-hybridized carbons (Fsp3) is 0.273. The van der Waals surface area contributed by atoms with E-state index in [4.69, 9.17) is 0 Å². The van der Waals surface area contributed by atoms with Gasteiger partial charge in [-0.1, -0.05) is 30.3 Å². The number of aromatic nitrogens is 3. The van der Waals surface area contributed by atoms with E-state index in [1.807, 2.05) is 31.2 Å². The number of alkyl halides is 3. The molecule has 0 unspecified atom stereocenters. The van der Waals surface area contributed by atoms with Gasteiger partial charge in [-0.25, -0.2) is 4.99 Å². The number of rotatable bonds is 5. The third kappa shape index (κ3) is 3.83. The Morgan fingerprint density at radius 2 is 1.71 bits per heavy atom. The first-order chi connectivity index (χ1) is 14.8. The highest BCUT2D eigenvalue weighted by atomic mass is 19.4. The molecular formula is C22H21F3N6. The molecule has 160 valence electrons. The van der Waals surface area contributed by atoms with Gasteiger partial charge in [0.05, 0.1) is 5.69 Å². The highest BCUT2D eigenvalue weighted by Gasteiger charge is 2.42. The van der Waals surface area contributed by atoms with Gasteiger partial charge in [0.2, 0.25) is 5.82 Å². The molecule has 0 N–H and O–H groups in total. The summed E-state index contributed by atoms with van der Waals surface area (Å²) in [6, 6.07) is 14.8. The van der Waals surface area contributed by atoms with Gasteiger partial charge in [0.1, 0.15) is 11.4 Å². The second kappa shape index (κ2) is 7.98. The standard InChI is InChI=1S/C22H21F3N6/c1-4-30(5-2)16-11-12-17(14(3)13-16)26-19-18(15-9-7-6-8-10-15)29-31-20(19)27-28-21(31)22(23,24)25/h6-13H,4-5H2,1-3H3. The molecule has 0 fully saturated rings. The Kier molecular flexibility index (Phi) is 5.34. The molecule has 0 radical (unpaired) electrons. The summed E-state index contributed by atoms with van der Waals surface area (Å²) in [5.74, 6) is -1.20. The van der Waals surface area contributed by atoms with E-state index in [0.717, 1.165) is 29.0 Å². The van der Waals surface area contributed by atoms with E-state index in [1.165, 1.54) is 0 Å². The molecule has 0 saturated carbocycles. The lowest BCUT2D eigenvalue weighted by atomic mass is 10.1. The van der Waals surface area contributed by atoms with E-state index in [2.05, 4.69) is 39.0 Å². The largest absolute Gasteiger partial charge is 0.453 e. The number of benzene rings is 2. The van der Waals surface area contributed by atoms with Crippen molar-refractivity contribution >= 4 is 22.8 Å². The Morgan fingerprint density at radius 3 is 2.32 bits per heavy atom. The molecule has 2 aromatic carbocycles. The average Bonchev–Trinajstić information content (AvgIpc) is 3.31. The zero-order valence-electron chi connectivity index (χ0n) is 17.4. The van der Waals surface area contributed by atoms with Crippen LogP contribution in [0, 0.1) is 6.92 Å². The number of aryl methyl sites for hydroxylation is 1. The van der Waals surface area contributed by atoms with Crippen LogP contribution in [0.15, 0.2) is 58.6 Å². The zero-order valence-corrected chi connectivity index (χ0v) is 17.4. The van der Waals surface area contributed by atoms with Crippen LogP contribution in [0.2, 0.25) is 0 Å². The van der Waals surface area contributed by atoms with Gasteiger partial charge in [-0.05, 0) is 44.5 Å². The van der Waals surface area contributed by atoms with Crippen LogP contribution in [0.5, 0.6) is 0 Å². The molecule has 0 bridgehead atoms. The first-order valence-corrected chi connectivity index (χ1v) is 9.95. The number of hydrogen-bond donors (Lipinski definition) is 0. The highest BCUT2D eigenvalue weighted by molar-refractivity contribution is 6.54. The minimum Gasteiger partial charge on any atom is -0.372 e. The van der Waals surface area contributed by atoms with Crippen LogP contribution < -0.4 is 4.90 Å². The molecule has 1 aliphatic heterocycles. The van der Waals surface area contributed by atoms with Crippen molar-refractivity contribution in [3.8, 4) is 0 Å². The maximum atomic E-state index is 13.4. The van der Waals surface area contributed by atoms with Crippen LogP contribution in [-0.2, 0) is 6.18 Å². The maximum Gasteiger partial charge on any atom is 0.453 e. The average molecular weight is 426 g/mol. The smallest absolute Gasteiger partial charge is 0.372 e. The number of aliphatic imine (C=N–C) groups is 1. The highest BCUT2D eigenvalue weighted by Crippen LogP contribution is 2.32. The molecule has 6 nitrogen and oxygen atoms in total. The number of halogens is 3. The van der Waals surface area contributed by atoms with Crippen molar-refractivity contribution < 1.29 is 13.2 Å².